The molecule has 0 aliphatic heterocycles. The fourth-order valence-electron chi connectivity index (χ4n) is 1.18. The van der Waals surface area contributed by atoms with E-state index in [0.29, 0.717) is 6.54 Å². The van der Waals surface area contributed by atoms with Crippen molar-refractivity contribution in [1.82, 2.24) is 5.32 Å². The van der Waals surface area contributed by atoms with Gasteiger partial charge in [0.25, 0.3) is 0 Å². The molecular weight excluding hydrogens is 214 g/mol. The van der Waals surface area contributed by atoms with Crippen molar-refractivity contribution in [2.24, 2.45) is 0 Å². The van der Waals surface area contributed by atoms with Crippen molar-refractivity contribution in [2.75, 3.05) is 18.4 Å². The van der Waals surface area contributed by atoms with Gasteiger partial charge in [-0.3, -0.25) is 4.79 Å². The van der Waals surface area contributed by atoms with Gasteiger partial charge in [0, 0.05) is 6.07 Å². The highest BCUT2D eigenvalue weighted by molar-refractivity contribution is 5.92. The van der Waals surface area contributed by atoms with Crippen LogP contribution >= 0.6 is 0 Å². The topological polar surface area (TPSA) is 41.1 Å². The van der Waals surface area contributed by atoms with Gasteiger partial charge in [0.15, 0.2) is 0 Å². The van der Waals surface area contributed by atoms with Crippen LogP contribution in [-0.2, 0) is 4.79 Å². The van der Waals surface area contributed by atoms with E-state index in [-0.39, 0.29) is 17.8 Å². The molecule has 0 atom stereocenters. The number of carbonyl (C=O) groups is 1. The highest BCUT2D eigenvalue weighted by atomic mass is 19.1. The first-order valence-electron chi connectivity index (χ1n) is 5.00. The van der Waals surface area contributed by atoms with Gasteiger partial charge < -0.3 is 10.6 Å². The molecule has 0 saturated heterocycles. The number of hydrogen-bond acceptors (Lipinski definition) is 2. The Morgan fingerprint density at radius 3 is 2.62 bits per heavy atom. The van der Waals surface area contributed by atoms with E-state index in [4.69, 9.17) is 0 Å². The van der Waals surface area contributed by atoms with Crippen LogP contribution in [0.5, 0.6) is 0 Å². The van der Waals surface area contributed by atoms with Crippen LogP contribution in [0.3, 0.4) is 0 Å². The number of rotatable bonds is 4. The van der Waals surface area contributed by atoms with E-state index in [1.807, 2.05) is 6.92 Å². The molecular formula is C11H14F2N2O. The predicted molar refractivity (Wildman–Crippen MR) is 58.3 cm³/mol. The molecule has 0 aliphatic carbocycles. The van der Waals surface area contributed by atoms with Crippen LogP contribution in [-0.4, -0.2) is 19.0 Å². The van der Waals surface area contributed by atoms with E-state index in [1.54, 1.807) is 0 Å². The first kappa shape index (κ1) is 12.6. The molecule has 3 nitrogen and oxygen atoms in total. The van der Waals surface area contributed by atoms with Crippen molar-refractivity contribution < 1.29 is 13.6 Å². The Morgan fingerprint density at radius 1 is 1.31 bits per heavy atom. The molecule has 0 spiro atoms. The maximum Gasteiger partial charge on any atom is 0.238 e. The number of anilines is 1. The second-order valence-electron chi connectivity index (χ2n) is 3.41. The summed E-state index contributed by atoms with van der Waals surface area (Å²) in [5.74, 6) is -1.58. The van der Waals surface area contributed by atoms with Gasteiger partial charge in [0.1, 0.15) is 11.6 Å². The molecule has 2 N–H and O–H groups in total. The van der Waals surface area contributed by atoms with Gasteiger partial charge in [-0.15, -0.1) is 0 Å². The quantitative estimate of drug-likeness (QED) is 0.825. The zero-order chi connectivity index (χ0) is 12.1. The summed E-state index contributed by atoms with van der Waals surface area (Å²) in [5, 5.41) is 5.08. The third-order valence-electron chi connectivity index (χ3n) is 2.06. The molecule has 88 valence electrons. The van der Waals surface area contributed by atoms with Crippen molar-refractivity contribution in [3.05, 3.63) is 29.3 Å². The highest BCUT2D eigenvalue weighted by Gasteiger charge is 2.09. The van der Waals surface area contributed by atoms with Crippen LogP contribution in [0.1, 0.15) is 12.5 Å². The Kier molecular flexibility index (Phi) is 4.37. The van der Waals surface area contributed by atoms with Crippen molar-refractivity contribution >= 4 is 11.6 Å². The Hall–Kier alpha value is -1.49. The molecule has 1 aromatic carbocycles. The summed E-state index contributed by atoms with van der Waals surface area (Å²) in [6, 6.07) is 2.03. The molecule has 1 aromatic rings. The number of likely N-dealkylation sites (N-methyl/N-ethyl adjacent to an activating group) is 1. The highest BCUT2D eigenvalue weighted by Crippen LogP contribution is 2.18. The maximum absolute atomic E-state index is 13.3. The average molecular weight is 228 g/mol. The van der Waals surface area contributed by atoms with Crippen LogP contribution in [0.4, 0.5) is 14.5 Å². The zero-order valence-corrected chi connectivity index (χ0v) is 9.23. The van der Waals surface area contributed by atoms with E-state index >= 15 is 0 Å². The van der Waals surface area contributed by atoms with Crippen molar-refractivity contribution in [3.63, 3.8) is 0 Å². The summed E-state index contributed by atoms with van der Waals surface area (Å²) in [7, 11) is 0. The maximum atomic E-state index is 13.3. The monoisotopic (exact) mass is 228 g/mol. The van der Waals surface area contributed by atoms with Gasteiger partial charge >= 0.3 is 0 Å². The molecule has 0 aromatic heterocycles. The molecule has 1 rings (SSSR count). The number of carbonyl (C=O) groups excluding carboxylic acids is 1. The summed E-state index contributed by atoms with van der Waals surface area (Å²) >= 11 is 0. The van der Waals surface area contributed by atoms with Crippen LogP contribution in [0, 0.1) is 18.6 Å². The van der Waals surface area contributed by atoms with Gasteiger partial charge in [-0.1, -0.05) is 6.92 Å². The smallest absolute Gasteiger partial charge is 0.238 e. The second kappa shape index (κ2) is 5.55. The average Bonchev–Trinajstić information content (AvgIpc) is 2.23. The van der Waals surface area contributed by atoms with Gasteiger partial charge in [-0.25, -0.2) is 8.78 Å². The summed E-state index contributed by atoms with van der Waals surface area (Å²) in [4.78, 5) is 11.3. The summed E-state index contributed by atoms with van der Waals surface area (Å²) in [6.45, 7) is 4.02. The number of aryl methyl sites for hydroxylation is 1. The van der Waals surface area contributed by atoms with E-state index in [1.165, 1.54) is 6.92 Å². The van der Waals surface area contributed by atoms with Crippen LogP contribution in [0.25, 0.3) is 0 Å². The minimum atomic E-state index is -0.635. The Bertz CT molecular complexity index is 394. The molecule has 0 bridgehead atoms. The first-order chi connectivity index (χ1) is 7.54. The standard InChI is InChI=1S/C11H14F2N2O/c1-3-14-6-11(16)15-10-5-8(12)7(2)4-9(10)13/h4-5,14H,3,6H2,1-2H3,(H,15,16). The van der Waals surface area contributed by atoms with Gasteiger partial charge in [0.05, 0.1) is 12.2 Å². The lowest BCUT2D eigenvalue weighted by atomic mass is 10.2. The van der Waals surface area contributed by atoms with E-state index < -0.39 is 17.5 Å². The van der Waals surface area contributed by atoms with Crippen LogP contribution in [0.15, 0.2) is 12.1 Å². The third kappa shape index (κ3) is 3.27. The lowest BCUT2D eigenvalue weighted by Gasteiger charge is -2.08. The van der Waals surface area contributed by atoms with Crippen molar-refractivity contribution in [2.45, 2.75) is 13.8 Å². The SMILES string of the molecule is CCNCC(=O)Nc1cc(F)c(C)cc1F. The molecule has 0 unspecified atom stereocenters. The molecule has 0 radical (unpaired) electrons. The predicted octanol–water partition coefficient (Wildman–Crippen LogP) is 1.82. The molecule has 0 saturated carbocycles. The normalized spacial score (nSPS) is 10.2. The number of hydrogen-bond donors (Lipinski definition) is 2. The first-order valence-corrected chi connectivity index (χ1v) is 5.00. The molecule has 5 heteroatoms. The summed E-state index contributed by atoms with van der Waals surface area (Å²) in [6.07, 6.45) is 0. The lowest BCUT2D eigenvalue weighted by molar-refractivity contribution is -0.115. The van der Waals surface area contributed by atoms with Crippen molar-refractivity contribution in [1.29, 1.82) is 0 Å². The van der Waals surface area contributed by atoms with Crippen LogP contribution in [0.2, 0.25) is 0 Å². The zero-order valence-electron chi connectivity index (χ0n) is 9.23. The van der Waals surface area contributed by atoms with Crippen molar-refractivity contribution in [3.8, 4) is 0 Å². The number of nitrogens with one attached hydrogen (secondary N) is 2. The lowest BCUT2D eigenvalue weighted by Crippen LogP contribution is -2.28. The molecule has 0 heterocycles. The van der Waals surface area contributed by atoms with E-state index in [9.17, 15) is 13.6 Å². The van der Waals surface area contributed by atoms with Crippen LogP contribution < -0.4 is 10.6 Å². The Balaban J connectivity index is 2.73. The minimum absolute atomic E-state index is 0.0748. The fraction of sp³-hybridized carbons (Fsp3) is 0.364. The molecule has 0 aliphatic rings. The third-order valence-corrected chi connectivity index (χ3v) is 2.06. The summed E-state index contributed by atoms with van der Waals surface area (Å²) in [5.41, 5.74) is 0.0770. The number of halogens is 2. The van der Waals surface area contributed by atoms with E-state index in [2.05, 4.69) is 10.6 Å². The number of amides is 1. The minimum Gasteiger partial charge on any atom is -0.322 e. The Labute approximate surface area is 92.8 Å². The molecule has 16 heavy (non-hydrogen) atoms. The largest absolute Gasteiger partial charge is 0.322 e. The van der Waals surface area contributed by atoms with E-state index in [0.717, 1.165) is 12.1 Å². The molecule has 1 amide bonds. The second-order valence-corrected chi connectivity index (χ2v) is 3.41. The van der Waals surface area contributed by atoms with Gasteiger partial charge in [-0.05, 0) is 25.1 Å². The molecule has 0 fully saturated rings. The number of benzene rings is 1. The van der Waals surface area contributed by atoms with Gasteiger partial charge in [0.2, 0.25) is 5.91 Å². The Morgan fingerprint density at radius 2 is 2.00 bits per heavy atom. The van der Waals surface area contributed by atoms with Gasteiger partial charge in [-0.2, -0.15) is 0 Å². The summed E-state index contributed by atoms with van der Waals surface area (Å²) < 4.78 is 26.4. The fourth-order valence-corrected chi connectivity index (χ4v) is 1.18.